The summed E-state index contributed by atoms with van der Waals surface area (Å²) in [5.41, 5.74) is 5.38. The first-order valence-electron chi connectivity index (χ1n) is 11.2. The number of anilines is 2. The van der Waals surface area contributed by atoms with Crippen LogP contribution in [0.25, 0.3) is 10.2 Å². The average Bonchev–Trinajstić information content (AvgIpc) is 3.13. The van der Waals surface area contributed by atoms with E-state index in [2.05, 4.69) is 5.32 Å². The summed E-state index contributed by atoms with van der Waals surface area (Å²) < 4.78 is 28.8. The van der Waals surface area contributed by atoms with Crippen molar-refractivity contribution in [2.24, 2.45) is 0 Å². The number of rotatable bonds is 7. The number of nitrogens with one attached hydrogen (secondary N) is 1. The molecule has 0 spiro atoms. The first-order valence-corrected chi connectivity index (χ1v) is 13.8. The molecule has 0 aliphatic rings. The number of amides is 1. The maximum Gasteiger partial charge on any atom is 0.308 e. The highest BCUT2D eigenvalue weighted by molar-refractivity contribution is 7.92. The molecular weight excluding hydrogens is 482 g/mol. The number of fused-ring (bicyclic) bond motifs is 1. The monoisotopic (exact) mass is 509 g/mol. The molecule has 0 saturated heterocycles. The van der Waals surface area contributed by atoms with Crippen LogP contribution >= 0.6 is 11.3 Å². The Hall–Kier alpha value is -3.43. The Kier molecular flexibility index (Phi) is 6.82. The molecule has 1 N–H and O–H groups in total. The van der Waals surface area contributed by atoms with Gasteiger partial charge in [-0.05, 0) is 79.9 Å². The quantitative estimate of drug-likeness (QED) is 0.383. The number of aryl methyl sites for hydroxylation is 3. The molecule has 0 bridgehead atoms. The molecule has 1 aromatic heterocycles. The van der Waals surface area contributed by atoms with Crippen molar-refractivity contribution >= 4 is 48.9 Å². The zero-order valence-electron chi connectivity index (χ0n) is 20.0. The van der Waals surface area contributed by atoms with Gasteiger partial charge in [-0.3, -0.25) is 18.5 Å². The van der Waals surface area contributed by atoms with Crippen molar-refractivity contribution in [1.29, 1.82) is 0 Å². The summed E-state index contributed by atoms with van der Waals surface area (Å²) in [5.74, 6) is -0.285. The Morgan fingerprint density at radius 1 is 1.00 bits per heavy atom. The van der Waals surface area contributed by atoms with Gasteiger partial charge in [-0.15, -0.1) is 0 Å². The average molecular weight is 510 g/mol. The lowest BCUT2D eigenvalue weighted by Gasteiger charge is -2.23. The van der Waals surface area contributed by atoms with Crippen molar-refractivity contribution in [1.82, 2.24) is 4.57 Å². The second kappa shape index (κ2) is 9.67. The van der Waals surface area contributed by atoms with E-state index in [1.807, 2.05) is 39.0 Å². The summed E-state index contributed by atoms with van der Waals surface area (Å²) in [4.78, 5) is 24.8. The molecule has 3 aromatic carbocycles. The summed E-state index contributed by atoms with van der Waals surface area (Å²) in [6.07, 6.45) is 1.19. The first-order chi connectivity index (χ1) is 16.6. The summed E-state index contributed by atoms with van der Waals surface area (Å²) in [5, 5.41) is 2.87. The topological polar surface area (TPSA) is 88.5 Å². The number of sulfonamides is 1. The lowest BCUT2D eigenvalue weighted by molar-refractivity contribution is 0.102. The fourth-order valence-electron chi connectivity index (χ4n) is 3.85. The molecule has 4 aromatic rings. The molecule has 4 rings (SSSR count). The van der Waals surface area contributed by atoms with Crippen LogP contribution in [0.3, 0.4) is 0 Å². The zero-order chi connectivity index (χ0) is 25.3. The minimum Gasteiger partial charge on any atom is -0.322 e. The molecule has 0 fully saturated rings. The molecule has 0 radical (unpaired) electrons. The standard InChI is InChI=1S/C26H27N3O4S2/c1-5-28-23-13-11-21(15-24(23)34-26(28)31)27-25(30)20-9-7-19(8-10-20)16-29(35(4,32)33)22-12-6-17(2)18(3)14-22/h6-15H,5,16H2,1-4H3,(H,27,30). The second-order valence-corrected chi connectivity index (χ2v) is 11.4. The van der Waals surface area contributed by atoms with E-state index in [4.69, 9.17) is 0 Å². The van der Waals surface area contributed by atoms with Crippen LogP contribution < -0.4 is 14.5 Å². The van der Waals surface area contributed by atoms with Gasteiger partial charge in [0.25, 0.3) is 5.91 Å². The predicted molar refractivity (Wildman–Crippen MR) is 143 cm³/mol. The van der Waals surface area contributed by atoms with Gasteiger partial charge in [0.05, 0.1) is 28.7 Å². The second-order valence-electron chi connectivity index (χ2n) is 8.48. The summed E-state index contributed by atoms with van der Waals surface area (Å²) in [6, 6.07) is 17.8. The molecule has 7 nitrogen and oxygen atoms in total. The van der Waals surface area contributed by atoms with E-state index < -0.39 is 10.0 Å². The highest BCUT2D eigenvalue weighted by Gasteiger charge is 2.19. The van der Waals surface area contributed by atoms with Gasteiger partial charge in [0, 0.05) is 17.8 Å². The van der Waals surface area contributed by atoms with Crippen LogP contribution in [0.2, 0.25) is 0 Å². The minimum atomic E-state index is -3.50. The van der Waals surface area contributed by atoms with Gasteiger partial charge in [0.2, 0.25) is 10.0 Å². The van der Waals surface area contributed by atoms with E-state index in [0.29, 0.717) is 23.5 Å². The molecule has 1 amide bonds. The van der Waals surface area contributed by atoms with Gasteiger partial charge in [-0.2, -0.15) is 0 Å². The molecule has 35 heavy (non-hydrogen) atoms. The van der Waals surface area contributed by atoms with Crippen LogP contribution in [0, 0.1) is 13.8 Å². The van der Waals surface area contributed by atoms with Crippen LogP contribution in [0.15, 0.2) is 65.5 Å². The number of carbonyl (C=O) groups excluding carboxylic acids is 1. The van der Waals surface area contributed by atoms with E-state index >= 15 is 0 Å². The largest absolute Gasteiger partial charge is 0.322 e. The number of carbonyl (C=O) groups is 1. The van der Waals surface area contributed by atoms with Crippen molar-refractivity contribution in [2.45, 2.75) is 33.9 Å². The molecular formula is C26H27N3O4S2. The normalized spacial score (nSPS) is 11.5. The van der Waals surface area contributed by atoms with Crippen LogP contribution in [0.5, 0.6) is 0 Å². The number of thiazole rings is 1. The summed E-state index contributed by atoms with van der Waals surface area (Å²) in [7, 11) is -3.50. The van der Waals surface area contributed by atoms with Gasteiger partial charge in [-0.25, -0.2) is 8.42 Å². The van der Waals surface area contributed by atoms with Crippen LogP contribution in [-0.4, -0.2) is 25.1 Å². The smallest absolute Gasteiger partial charge is 0.308 e. The van der Waals surface area contributed by atoms with E-state index in [1.54, 1.807) is 47.0 Å². The summed E-state index contributed by atoms with van der Waals surface area (Å²) in [6.45, 7) is 6.60. The lowest BCUT2D eigenvalue weighted by atomic mass is 10.1. The fraction of sp³-hybridized carbons (Fsp3) is 0.231. The predicted octanol–water partition coefficient (Wildman–Crippen LogP) is 4.92. The van der Waals surface area contributed by atoms with E-state index in [0.717, 1.165) is 38.2 Å². The third-order valence-electron chi connectivity index (χ3n) is 5.96. The maximum atomic E-state index is 12.8. The van der Waals surface area contributed by atoms with E-state index in [-0.39, 0.29) is 17.3 Å². The number of nitrogens with zero attached hydrogens (tertiary/aromatic N) is 2. The maximum absolute atomic E-state index is 12.8. The van der Waals surface area contributed by atoms with E-state index in [9.17, 15) is 18.0 Å². The van der Waals surface area contributed by atoms with Crippen molar-refractivity contribution in [3.8, 4) is 0 Å². The zero-order valence-corrected chi connectivity index (χ0v) is 21.7. The Morgan fingerprint density at radius 2 is 1.71 bits per heavy atom. The molecule has 0 aliphatic carbocycles. The van der Waals surface area contributed by atoms with E-state index in [1.165, 1.54) is 10.6 Å². The highest BCUT2D eigenvalue weighted by atomic mass is 32.2. The third-order valence-corrected chi connectivity index (χ3v) is 8.05. The number of aromatic nitrogens is 1. The number of benzene rings is 3. The minimum absolute atomic E-state index is 0.0227. The highest BCUT2D eigenvalue weighted by Crippen LogP contribution is 2.25. The fourth-order valence-corrected chi connectivity index (χ4v) is 5.73. The Labute approximate surface area is 208 Å². The van der Waals surface area contributed by atoms with Gasteiger partial charge >= 0.3 is 4.87 Å². The third kappa shape index (κ3) is 5.31. The van der Waals surface area contributed by atoms with Gasteiger partial charge < -0.3 is 5.32 Å². The molecule has 0 unspecified atom stereocenters. The van der Waals surface area contributed by atoms with Gasteiger partial charge in [-0.1, -0.05) is 29.5 Å². The van der Waals surface area contributed by atoms with Crippen molar-refractivity contribution in [3.63, 3.8) is 0 Å². The first kappa shape index (κ1) is 24.7. The number of hydrogen-bond donors (Lipinski definition) is 1. The molecule has 0 saturated carbocycles. The Morgan fingerprint density at radius 3 is 2.34 bits per heavy atom. The van der Waals surface area contributed by atoms with Crippen molar-refractivity contribution in [3.05, 3.63) is 92.6 Å². The van der Waals surface area contributed by atoms with Crippen molar-refractivity contribution in [2.75, 3.05) is 15.9 Å². The SMILES string of the molecule is CCn1c(=O)sc2cc(NC(=O)c3ccc(CN(c4ccc(C)c(C)c4)S(C)(=O)=O)cc3)ccc21. The molecule has 1 heterocycles. The lowest BCUT2D eigenvalue weighted by Crippen LogP contribution is -2.29. The summed E-state index contributed by atoms with van der Waals surface area (Å²) >= 11 is 1.15. The molecule has 9 heteroatoms. The van der Waals surface area contributed by atoms with Crippen LogP contribution in [-0.2, 0) is 23.1 Å². The van der Waals surface area contributed by atoms with Crippen LogP contribution in [0.4, 0.5) is 11.4 Å². The van der Waals surface area contributed by atoms with Crippen LogP contribution in [0.1, 0.15) is 34.0 Å². The molecule has 0 aliphatic heterocycles. The van der Waals surface area contributed by atoms with Crippen molar-refractivity contribution < 1.29 is 13.2 Å². The Balaban J connectivity index is 1.51. The van der Waals surface area contributed by atoms with Gasteiger partial charge in [0.15, 0.2) is 0 Å². The Bertz CT molecular complexity index is 1570. The molecule has 182 valence electrons. The number of hydrogen-bond acceptors (Lipinski definition) is 5. The van der Waals surface area contributed by atoms with Gasteiger partial charge in [0.1, 0.15) is 0 Å². The molecule has 0 atom stereocenters.